The molecule has 0 N–H and O–H groups in total. The van der Waals surface area contributed by atoms with Gasteiger partial charge in [0, 0.05) is 18.9 Å². The number of hydrogen-bond acceptors (Lipinski definition) is 3. The fraction of sp³-hybridized carbons (Fsp3) is 1.00. The summed E-state index contributed by atoms with van der Waals surface area (Å²) >= 11 is 0. The maximum Gasteiger partial charge on any atom is 0.196 e. The lowest BCUT2D eigenvalue weighted by Crippen LogP contribution is -2.36. The number of ether oxygens (including phenoxy) is 1. The molecule has 0 radical (unpaired) electrons. The normalized spacial score (nSPS) is 46.9. The van der Waals surface area contributed by atoms with Crippen molar-refractivity contribution >= 4 is 0 Å². The van der Waals surface area contributed by atoms with Crippen LogP contribution in [-0.2, 0) is 4.74 Å². The van der Waals surface area contributed by atoms with Crippen LogP contribution in [0.3, 0.4) is 0 Å². The summed E-state index contributed by atoms with van der Waals surface area (Å²) in [5.74, 6) is 1.42. The highest BCUT2D eigenvalue weighted by atomic mass is 16.5. The van der Waals surface area contributed by atoms with Gasteiger partial charge in [-0.2, -0.15) is 10.2 Å². The Hall–Kier alpha value is -0.440. The summed E-state index contributed by atoms with van der Waals surface area (Å²) in [6, 6.07) is 0. The minimum absolute atomic E-state index is 0.106. The molecule has 1 heterocycles. The first kappa shape index (κ1) is 7.01. The Kier molecular flexibility index (Phi) is 1.21. The van der Waals surface area contributed by atoms with Gasteiger partial charge in [0.05, 0.1) is 6.10 Å². The van der Waals surface area contributed by atoms with E-state index in [1.807, 2.05) is 7.11 Å². The topological polar surface area (TPSA) is 34.0 Å². The minimum atomic E-state index is 0.106. The van der Waals surface area contributed by atoms with Crippen LogP contribution in [0.2, 0.25) is 0 Å². The van der Waals surface area contributed by atoms with E-state index >= 15 is 0 Å². The van der Waals surface area contributed by atoms with Gasteiger partial charge in [-0.25, -0.2) is 0 Å². The van der Waals surface area contributed by atoms with Crippen LogP contribution >= 0.6 is 0 Å². The van der Waals surface area contributed by atoms with Crippen LogP contribution in [0, 0.1) is 11.8 Å². The summed E-state index contributed by atoms with van der Waals surface area (Å²) in [5.41, 5.74) is 0.106. The second kappa shape index (κ2) is 2.08. The van der Waals surface area contributed by atoms with Crippen LogP contribution in [0.4, 0.5) is 0 Å². The molecule has 12 heavy (non-hydrogen) atoms. The summed E-state index contributed by atoms with van der Waals surface area (Å²) in [7, 11) is 1.82. The maximum absolute atomic E-state index is 5.41. The van der Waals surface area contributed by atoms with E-state index in [9.17, 15) is 0 Å². The third-order valence-electron chi connectivity index (χ3n) is 3.82. The average molecular weight is 166 g/mol. The van der Waals surface area contributed by atoms with Crippen LogP contribution in [0.25, 0.3) is 0 Å². The molecule has 2 aliphatic carbocycles. The van der Waals surface area contributed by atoms with Gasteiger partial charge in [0.25, 0.3) is 0 Å². The van der Waals surface area contributed by atoms with Crippen molar-refractivity contribution in [3.8, 4) is 0 Å². The van der Waals surface area contributed by atoms with E-state index in [1.54, 1.807) is 0 Å². The van der Waals surface area contributed by atoms with Gasteiger partial charge in [-0.05, 0) is 25.7 Å². The Bertz CT molecular complexity index is 217. The molecular formula is C9H14N2O. The van der Waals surface area contributed by atoms with Gasteiger partial charge >= 0.3 is 0 Å². The highest BCUT2D eigenvalue weighted by molar-refractivity contribution is 5.12. The lowest BCUT2D eigenvalue weighted by Gasteiger charge is -2.31. The zero-order chi connectivity index (χ0) is 8.18. The van der Waals surface area contributed by atoms with E-state index < -0.39 is 0 Å². The van der Waals surface area contributed by atoms with E-state index in [0.29, 0.717) is 17.9 Å². The van der Waals surface area contributed by atoms with Crippen molar-refractivity contribution in [1.82, 2.24) is 0 Å². The zero-order valence-electron chi connectivity index (χ0n) is 7.36. The molecule has 1 spiro atoms. The monoisotopic (exact) mass is 166 g/mol. The molecule has 3 nitrogen and oxygen atoms in total. The molecule has 3 aliphatic rings. The molecule has 0 aromatic rings. The van der Waals surface area contributed by atoms with E-state index in [2.05, 4.69) is 10.2 Å². The molecule has 0 amide bonds. The molecule has 1 aliphatic heterocycles. The van der Waals surface area contributed by atoms with E-state index in [1.165, 1.54) is 25.7 Å². The smallest absolute Gasteiger partial charge is 0.196 e. The Morgan fingerprint density at radius 3 is 2.17 bits per heavy atom. The van der Waals surface area contributed by atoms with Crippen molar-refractivity contribution in [1.29, 1.82) is 0 Å². The summed E-state index contributed by atoms with van der Waals surface area (Å²) in [6.07, 6.45) is 5.48. The SMILES string of the molecule is COC1C[C@H]2CC[C@@H](C1)C21N=N1. The van der Waals surface area contributed by atoms with Crippen molar-refractivity contribution in [3.63, 3.8) is 0 Å². The van der Waals surface area contributed by atoms with Crippen LogP contribution in [0.1, 0.15) is 25.7 Å². The Labute approximate surface area is 72.2 Å². The lowest BCUT2D eigenvalue weighted by atomic mass is 9.79. The predicted octanol–water partition coefficient (Wildman–Crippen LogP) is 1.98. The van der Waals surface area contributed by atoms with Gasteiger partial charge < -0.3 is 4.74 Å². The Morgan fingerprint density at radius 1 is 1.17 bits per heavy atom. The molecular weight excluding hydrogens is 152 g/mol. The minimum Gasteiger partial charge on any atom is -0.381 e. The van der Waals surface area contributed by atoms with Crippen molar-refractivity contribution in [3.05, 3.63) is 0 Å². The Morgan fingerprint density at radius 2 is 1.75 bits per heavy atom. The molecule has 1 unspecified atom stereocenters. The van der Waals surface area contributed by atoms with E-state index in [-0.39, 0.29) is 5.66 Å². The van der Waals surface area contributed by atoms with Gasteiger partial charge in [-0.3, -0.25) is 0 Å². The fourth-order valence-electron chi connectivity index (χ4n) is 3.05. The van der Waals surface area contributed by atoms with Crippen LogP contribution < -0.4 is 0 Å². The number of nitrogens with zero attached hydrogens (tertiary/aromatic N) is 2. The summed E-state index contributed by atoms with van der Waals surface area (Å²) < 4.78 is 5.41. The molecule has 0 aromatic heterocycles. The number of rotatable bonds is 1. The van der Waals surface area contributed by atoms with Gasteiger partial charge in [-0.1, -0.05) is 0 Å². The first-order valence-corrected chi connectivity index (χ1v) is 4.82. The summed E-state index contributed by atoms with van der Waals surface area (Å²) in [4.78, 5) is 0. The zero-order valence-corrected chi connectivity index (χ0v) is 7.36. The molecule has 0 aromatic carbocycles. The van der Waals surface area contributed by atoms with Gasteiger partial charge in [0.15, 0.2) is 5.66 Å². The molecule has 3 heteroatoms. The third-order valence-corrected chi connectivity index (χ3v) is 3.82. The molecule has 3 rings (SSSR count). The molecule has 2 saturated carbocycles. The van der Waals surface area contributed by atoms with E-state index in [0.717, 1.165) is 0 Å². The standard InChI is InChI=1S/C9H14N2O/c1-12-8-4-6-2-3-7(5-8)9(6)10-11-9/h6-8H,2-5H2,1H3/t6-,7+,8?. The van der Waals surface area contributed by atoms with Gasteiger partial charge in [0.1, 0.15) is 0 Å². The highest BCUT2D eigenvalue weighted by Gasteiger charge is 2.61. The molecule has 66 valence electrons. The molecule has 2 bridgehead atoms. The first-order valence-electron chi connectivity index (χ1n) is 4.82. The van der Waals surface area contributed by atoms with Crippen LogP contribution in [-0.4, -0.2) is 18.9 Å². The van der Waals surface area contributed by atoms with Crippen molar-refractivity contribution < 1.29 is 4.74 Å². The van der Waals surface area contributed by atoms with Crippen LogP contribution in [0.5, 0.6) is 0 Å². The number of methoxy groups -OCH3 is 1. The summed E-state index contributed by atoms with van der Waals surface area (Å²) in [5, 5.41) is 8.51. The average Bonchev–Trinajstić information content (AvgIpc) is 2.79. The quantitative estimate of drug-likeness (QED) is 0.586. The summed E-state index contributed by atoms with van der Waals surface area (Å²) in [6.45, 7) is 0. The third kappa shape index (κ3) is 0.703. The second-order valence-electron chi connectivity index (χ2n) is 4.28. The molecule has 2 fully saturated rings. The molecule has 3 atom stereocenters. The van der Waals surface area contributed by atoms with Crippen molar-refractivity contribution in [2.45, 2.75) is 37.5 Å². The van der Waals surface area contributed by atoms with Gasteiger partial charge in [0.2, 0.25) is 0 Å². The second-order valence-corrected chi connectivity index (χ2v) is 4.28. The van der Waals surface area contributed by atoms with E-state index in [4.69, 9.17) is 4.74 Å². The fourth-order valence-corrected chi connectivity index (χ4v) is 3.05. The number of hydrogen-bond donors (Lipinski definition) is 0. The Balaban J connectivity index is 1.82. The van der Waals surface area contributed by atoms with Crippen molar-refractivity contribution in [2.75, 3.05) is 7.11 Å². The molecule has 0 saturated heterocycles. The highest BCUT2D eigenvalue weighted by Crippen LogP contribution is 2.59. The largest absolute Gasteiger partial charge is 0.381 e. The van der Waals surface area contributed by atoms with Crippen molar-refractivity contribution in [2.24, 2.45) is 22.1 Å². The van der Waals surface area contributed by atoms with Gasteiger partial charge in [-0.15, -0.1) is 0 Å². The first-order chi connectivity index (χ1) is 5.85. The lowest BCUT2D eigenvalue weighted by molar-refractivity contribution is 0.0301. The predicted molar refractivity (Wildman–Crippen MR) is 43.8 cm³/mol. The van der Waals surface area contributed by atoms with Crippen LogP contribution in [0.15, 0.2) is 10.2 Å². The maximum atomic E-state index is 5.41.